The Kier molecular flexibility index (Phi) is 9.91. The van der Waals surface area contributed by atoms with Gasteiger partial charge in [-0.25, -0.2) is 9.97 Å². The van der Waals surface area contributed by atoms with E-state index in [0.29, 0.717) is 0 Å². The summed E-state index contributed by atoms with van der Waals surface area (Å²) < 4.78 is 4.58. The molecular weight excluding hydrogens is 849 g/mol. The first-order valence-corrected chi connectivity index (χ1v) is 24.0. The molecule has 0 fully saturated rings. The molecule has 0 aliphatic rings. The minimum atomic E-state index is 0.934. The lowest BCUT2D eigenvalue weighted by molar-refractivity contribution is 1.10. The van der Waals surface area contributed by atoms with E-state index in [1.54, 1.807) is 0 Å². The van der Waals surface area contributed by atoms with Crippen LogP contribution in [0, 0.1) is 13.8 Å². The van der Waals surface area contributed by atoms with Gasteiger partial charge in [0.2, 0.25) is 0 Å². The maximum Gasteiger partial charge on any atom is 0.145 e. The van der Waals surface area contributed by atoms with Crippen molar-refractivity contribution in [1.82, 2.24) is 19.1 Å². The van der Waals surface area contributed by atoms with Crippen molar-refractivity contribution in [1.29, 1.82) is 0 Å². The zero-order valence-electron chi connectivity index (χ0n) is 38.9. The molecule has 13 aromatic rings. The molecule has 0 spiro atoms. The fraction of sp³-hybridized carbons (Fsp3) is 0.0303. The lowest BCUT2D eigenvalue weighted by atomic mass is 9.84. The smallest absolute Gasteiger partial charge is 0.145 e. The largest absolute Gasteiger partial charge is 0.292 e. The fourth-order valence-electron chi connectivity index (χ4n) is 10.5. The van der Waals surface area contributed by atoms with Crippen LogP contribution in [0.25, 0.3) is 122 Å². The normalized spacial score (nSPS) is 11.6. The number of nitrogens with zero attached hydrogens (tertiary/aromatic N) is 4. The van der Waals surface area contributed by atoms with E-state index in [1.165, 1.54) is 54.9 Å². The molecule has 2 aromatic heterocycles. The minimum absolute atomic E-state index is 0.934. The molecule has 0 unspecified atom stereocenters. The predicted molar refractivity (Wildman–Crippen MR) is 293 cm³/mol. The van der Waals surface area contributed by atoms with Crippen LogP contribution in [0.1, 0.15) is 11.1 Å². The molecule has 2 heterocycles. The molecule has 70 heavy (non-hydrogen) atoms. The Balaban J connectivity index is 0.955. The summed E-state index contributed by atoms with van der Waals surface area (Å²) in [6.07, 6.45) is 0. The van der Waals surface area contributed by atoms with Crippen molar-refractivity contribution in [2.45, 2.75) is 13.8 Å². The minimum Gasteiger partial charge on any atom is -0.292 e. The second kappa shape index (κ2) is 16.9. The van der Waals surface area contributed by atoms with E-state index >= 15 is 0 Å². The number of fused-ring (bicyclic) bond motifs is 4. The van der Waals surface area contributed by atoms with E-state index in [-0.39, 0.29) is 0 Å². The third-order valence-corrected chi connectivity index (χ3v) is 13.8. The first-order valence-electron chi connectivity index (χ1n) is 24.0. The monoisotopic (exact) mass is 894 g/mol. The maximum absolute atomic E-state index is 5.13. The van der Waals surface area contributed by atoms with Gasteiger partial charge in [0.15, 0.2) is 0 Å². The molecule has 330 valence electrons. The first kappa shape index (κ1) is 41.1. The van der Waals surface area contributed by atoms with Gasteiger partial charge in [0.25, 0.3) is 0 Å². The summed E-state index contributed by atoms with van der Waals surface area (Å²) in [4.78, 5) is 10.3. The van der Waals surface area contributed by atoms with E-state index in [1.807, 2.05) is 0 Å². The number of aromatic nitrogens is 4. The Morgan fingerprint density at radius 3 is 0.986 bits per heavy atom. The molecule has 0 aliphatic heterocycles. The van der Waals surface area contributed by atoms with Crippen LogP contribution in [-0.4, -0.2) is 19.1 Å². The van der Waals surface area contributed by atoms with Gasteiger partial charge in [-0.1, -0.05) is 182 Å². The highest BCUT2D eigenvalue weighted by Gasteiger charge is 2.21. The van der Waals surface area contributed by atoms with Gasteiger partial charge in [-0.2, -0.15) is 0 Å². The van der Waals surface area contributed by atoms with E-state index in [0.717, 1.165) is 78.5 Å². The van der Waals surface area contributed by atoms with Crippen molar-refractivity contribution < 1.29 is 0 Å². The molecule has 4 nitrogen and oxygen atoms in total. The zero-order chi connectivity index (χ0) is 46.7. The van der Waals surface area contributed by atoms with E-state index in [4.69, 9.17) is 9.97 Å². The molecule has 0 atom stereocenters. The average molecular weight is 895 g/mol. The molecule has 4 heteroatoms. The Labute approximate surface area is 407 Å². The molecule has 0 radical (unpaired) electrons. The van der Waals surface area contributed by atoms with Gasteiger partial charge in [-0.3, -0.25) is 9.13 Å². The number of imidazole rings is 2. The van der Waals surface area contributed by atoms with Crippen LogP contribution in [-0.2, 0) is 0 Å². The van der Waals surface area contributed by atoms with Crippen LogP contribution >= 0.6 is 0 Å². The molecule has 0 aliphatic carbocycles. The van der Waals surface area contributed by atoms with Crippen LogP contribution in [0.2, 0.25) is 0 Å². The maximum atomic E-state index is 5.13. The van der Waals surface area contributed by atoms with E-state index < -0.39 is 0 Å². The molecule has 0 bridgehead atoms. The van der Waals surface area contributed by atoms with Crippen LogP contribution in [0.4, 0.5) is 0 Å². The van der Waals surface area contributed by atoms with Crippen molar-refractivity contribution in [3.8, 4) is 78.7 Å². The summed E-state index contributed by atoms with van der Waals surface area (Å²) in [7, 11) is 0. The van der Waals surface area contributed by atoms with Gasteiger partial charge in [0.05, 0.1) is 22.1 Å². The second-order valence-corrected chi connectivity index (χ2v) is 18.4. The van der Waals surface area contributed by atoms with E-state index in [9.17, 15) is 0 Å². The lowest BCUT2D eigenvalue weighted by Gasteiger charge is -2.20. The number of aryl methyl sites for hydroxylation is 2. The third kappa shape index (κ3) is 7.08. The van der Waals surface area contributed by atoms with Crippen LogP contribution in [0.5, 0.6) is 0 Å². The highest BCUT2D eigenvalue weighted by molar-refractivity contribution is 6.22. The Morgan fingerprint density at radius 2 is 0.614 bits per heavy atom. The molecule has 13 rings (SSSR count). The molecule has 0 saturated heterocycles. The summed E-state index contributed by atoms with van der Waals surface area (Å²) in [6.45, 7) is 4.28. The van der Waals surface area contributed by atoms with Crippen molar-refractivity contribution >= 4 is 43.6 Å². The summed E-state index contributed by atoms with van der Waals surface area (Å²) in [5, 5.41) is 4.87. The SMILES string of the molecule is Cc1ccc2nc(-c3ccccc3)n(-c3ccc(-c4ccc5c(-c6ccccc6)c6cc(-c7ccc(-n8c(-c9ccccc9)nc9ccc(C)cc98)cc7)ccc6c(-c6ccccc6)c5c4)cc3)c2c1. The molecule has 0 saturated carbocycles. The van der Waals surface area contributed by atoms with Crippen molar-refractivity contribution in [2.24, 2.45) is 0 Å². The van der Waals surface area contributed by atoms with Crippen molar-refractivity contribution in [3.63, 3.8) is 0 Å². The molecule has 11 aromatic carbocycles. The van der Waals surface area contributed by atoms with Crippen LogP contribution in [0.15, 0.2) is 243 Å². The van der Waals surface area contributed by atoms with Gasteiger partial charge in [-0.05, 0) is 152 Å². The predicted octanol–water partition coefficient (Wildman–Crippen LogP) is 17.3. The standard InChI is InChI=1S/C66H46N4/c1-43-23-37-59-61(39-43)69(65(67-59)49-19-11-5-12-20-49)53-31-25-45(26-32-53)51-29-35-55-57(41-51)63(47-15-7-3-8-16-47)56-36-30-52(42-58(56)64(55)48-17-9-4-10-18-48)46-27-33-54(34-28-46)70-62-40-44(2)24-38-60(62)68-66(70)50-21-13-6-14-22-50/h3-42H,1-2H3. The van der Waals surface area contributed by atoms with Gasteiger partial charge < -0.3 is 0 Å². The summed E-state index contributed by atoms with van der Waals surface area (Å²) in [5.74, 6) is 1.87. The van der Waals surface area contributed by atoms with Crippen LogP contribution < -0.4 is 0 Å². The summed E-state index contributed by atoms with van der Waals surface area (Å²) in [6, 6.07) is 87.8. The Morgan fingerprint density at radius 1 is 0.271 bits per heavy atom. The number of hydrogen-bond donors (Lipinski definition) is 0. The highest BCUT2D eigenvalue weighted by Crippen LogP contribution is 2.46. The van der Waals surface area contributed by atoms with Gasteiger partial charge >= 0.3 is 0 Å². The Bertz CT molecular complexity index is 3810. The van der Waals surface area contributed by atoms with Gasteiger partial charge in [-0.15, -0.1) is 0 Å². The fourth-order valence-corrected chi connectivity index (χ4v) is 10.5. The number of rotatable bonds is 8. The van der Waals surface area contributed by atoms with Crippen LogP contribution in [0.3, 0.4) is 0 Å². The highest BCUT2D eigenvalue weighted by atomic mass is 15.1. The quantitative estimate of drug-likeness (QED) is 0.143. The van der Waals surface area contributed by atoms with Crippen molar-refractivity contribution in [2.75, 3.05) is 0 Å². The second-order valence-electron chi connectivity index (χ2n) is 18.4. The van der Waals surface area contributed by atoms with E-state index in [2.05, 4.69) is 266 Å². The topological polar surface area (TPSA) is 35.6 Å². The zero-order valence-corrected chi connectivity index (χ0v) is 38.9. The summed E-state index contributed by atoms with van der Waals surface area (Å²) >= 11 is 0. The number of hydrogen-bond acceptors (Lipinski definition) is 2. The first-order chi connectivity index (χ1) is 34.5. The molecule has 0 amide bonds. The number of benzene rings is 11. The summed E-state index contributed by atoms with van der Waals surface area (Å²) in [5.41, 5.74) is 20.4. The average Bonchev–Trinajstić information content (AvgIpc) is 3.99. The third-order valence-electron chi connectivity index (χ3n) is 13.8. The molecular formula is C66H46N4. The Hall–Kier alpha value is -9.12. The van der Waals surface area contributed by atoms with Gasteiger partial charge in [0.1, 0.15) is 11.6 Å². The van der Waals surface area contributed by atoms with Crippen molar-refractivity contribution in [3.05, 3.63) is 254 Å². The lowest BCUT2D eigenvalue weighted by Crippen LogP contribution is -1.98. The molecule has 0 N–H and O–H groups in total. The van der Waals surface area contributed by atoms with Gasteiger partial charge in [0, 0.05) is 22.5 Å².